The van der Waals surface area contributed by atoms with Crippen LogP contribution in [-0.2, 0) is 15.1 Å². The molecule has 2 N–H and O–H groups in total. The van der Waals surface area contributed by atoms with Gasteiger partial charge in [0.25, 0.3) is 5.91 Å². The zero-order chi connectivity index (χ0) is 22.6. The summed E-state index contributed by atoms with van der Waals surface area (Å²) in [5, 5.41) is 5.61. The van der Waals surface area contributed by atoms with Gasteiger partial charge in [-0.15, -0.1) is 0 Å². The molecule has 0 aliphatic carbocycles. The van der Waals surface area contributed by atoms with E-state index in [9.17, 15) is 14.4 Å². The Bertz CT molecular complexity index is 909. The first-order valence-corrected chi connectivity index (χ1v) is 10.1. The van der Waals surface area contributed by atoms with Crippen molar-refractivity contribution in [2.45, 2.75) is 31.8 Å². The third kappa shape index (κ3) is 4.19. The lowest BCUT2D eigenvalue weighted by Crippen LogP contribution is -2.46. The number of amides is 4. The smallest absolute Gasteiger partial charge is 0.326 e. The first-order chi connectivity index (χ1) is 14.8. The molecule has 4 amide bonds. The van der Waals surface area contributed by atoms with Crippen LogP contribution in [0.4, 0.5) is 4.79 Å². The van der Waals surface area contributed by atoms with Crippen LogP contribution in [0.3, 0.4) is 0 Å². The molecule has 0 radical (unpaired) electrons. The van der Waals surface area contributed by atoms with E-state index < -0.39 is 23.4 Å². The largest absolute Gasteiger partial charge is 0.497 e. The van der Waals surface area contributed by atoms with Crippen molar-refractivity contribution in [2.75, 3.05) is 20.8 Å². The predicted octanol–water partition coefficient (Wildman–Crippen LogP) is 2.41. The minimum atomic E-state index is -1.47. The van der Waals surface area contributed by atoms with Crippen LogP contribution in [0.5, 0.6) is 11.5 Å². The monoisotopic (exact) mass is 425 g/mol. The average Bonchev–Trinajstić information content (AvgIpc) is 3.04. The van der Waals surface area contributed by atoms with Crippen molar-refractivity contribution < 1.29 is 23.9 Å². The van der Waals surface area contributed by atoms with E-state index in [1.54, 1.807) is 62.8 Å². The molecule has 8 heteroatoms. The number of carbonyl (C=O) groups is 3. The summed E-state index contributed by atoms with van der Waals surface area (Å²) in [5.74, 6) is 0.329. The SMILES string of the molecule is CC[C@H](C)NC(=O)CN1C(=O)NC(c2ccc(OC)cc2)(c2ccc(OC)cc2)C1=O. The maximum absolute atomic E-state index is 13.6. The maximum atomic E-state index is 13.6. The summed E-state index contributed by atoms with van der Waals surface area (Å²) in [6.07, 6.45) is 0.744. The number of rotatable bonds is 8. The molecule has 1 heterocycles. The van der Waals surface area contributed by atoms with Crippen LogP contribution in [0.15, 0.2) is 48.5 Å². The second-order valence-corrected chi connectivity index (χ2v) is 7.41. The summed E-state index contributed by atoms with van der Waals surface area (Å²) in [6.45, 7) is 3.45. The van der Waals surface area contributed by atoms with Gasteiger partial charge in [-0.05, 0) is 48.7 Å². The summed E-state index contributed by atoms with van der Waals surface area (Å²) in [7, 11) is 3.10. The van der Waals surface area contributed by atoms with Gasteiger partial charge < -0.3 is 20.1 Å². The van der Waals surface area contributed by atoms with Gasteiger partial charge in [-0.2, -0.15) is 0 Å². The highest BCUT2D eigenvalue weighted by atomic mass is 16.5. The van der Waals surface area contributed by atoms with Crippen molar-refractivity contribution in [2.24, 2.45) is 0 Å². The van der Waals surface area contributed by atoms with Crippen molar-refractivity contribution in [3.8, 4) is 11.5 Å². The fourth-order valence-corrected chi connectivity index (χ4v) is 3.53. The molecule has 1 aliphatic heterocycles. The number of hydrogen-bond donors (Lipinski definition) is 2. The number of nitrogens with one attached hydrogen (secondary N) is 2. The molecule has 2 aromatic carbocycles. The topological polar surface area (TPSA) is 97.0 Å². The molecule has 0 saturated carbocycles. The van der Waals surface area contributed by atoms with E-state index in [2.05, 4.69) is 10.6 Å². The lowest BCUT2D eigenvalue weighted by molar-refractivity contribution is -0.134. The predicted molar refractivity (Wildman–Crippen MR) is 115 cm³/mol. The van der Waals surface area contributed by atoms with Crippen molar-refractivity contribution in [3.63, 3.8) is 0 Å². The Balaban J connectivity index is 2.02. The summed E-state index contributed by atoms with van der Waals surface area (Å²) >= 11 is 0. The van der Waals surface area contributed by atoms with Crippen LogP contribution >= 0.6 is 0 Å². The minimum absolute atomic E-state index is 0.0544. The first kappa shape index (κ1) is 22.1. The van der Waals surface area contributed by atoms with E-state index in [4.69, 9.17) is 9.47 Å². The van der Waals surface area contributed by atoms with Gasteiger partial charge >= 0.3 is 6.03 Å². The van der Waals surface area contributed by atoms with Crippen LogP contribution in [0.2, 0.25) is 0 Å². The summed E-state index contributed by atoms with van der Waals surface area (Å²) in [4.78, 5) is 39.8. The molecule has 2 aromatic rings. The Morgan fingerprint density at radius 2 is 1.48 bits per heavy atom. The van der Waals surface area contributed by atoms with Gasteiger partial charge in [-0.3, -0.25) is 14.5 Å². The van der Waals surface area contributed by atoms with Gasteiger partial charge in [-0.25, -0.2) is 4.79 Å². The Kier molecular flexibility index (Phi) is 6.48. The Labute approximate surface area is 181 Å². The van der Waals surface area contributed by atoms with Crippen molar-refractivity contribution in [1.29, 1.82) is 0 Å². The zero-order valence-corrected chi connectivity index (χ0v) is 18.1. The normalized spacial score (nSPS) is 15.9. The van der Waals surface area contributed by atoms with Crippen LogP contribution in [-0.4, -0.2) is 49.6 Å². The number of carbonyl (C=O) groups excluding carboxylic acids is 3. The van der Waals surface area contributed by atoms with Gasteiger partial charge in [0.1, 0.15) is 18.0 Å². The van der Waals surface area contributed by atoms with Crippen molar-refractivity contribution in [1.82, 2.24) is 15.5 Å². The quantitative estimate of drug-likeness (QED) is 0.633. The molecule has 1 fully saturated rings. The number of nitrogens with zero attached hydrogens (tertiary/aromatic N) is 1. The fraction of sp³-hybridized carbons (Fsp3) is 0.348. The summed E-state index contributed by atoms with van der Waals surface area (Å²) in [5.41, 5.74) is -0.352. The molecule has 3 rings (SSSR count). The maximum Gasteiger partial charge on any atom is 0.326 e. The number of ether oxygens (including phenoxy) is 2. The lowest BCUT2D eigenvalue weighted by Gasteiger charge is -2.28. The molecule has 164 valence electrons. The highest BCUT2D eigenvalue weighted by Gasteiger charge is 2.54. The van der Waals surface area contributed by atoms with E-state index in [1.807, 2.05) is 13.8 Å². The van der Waals surface area contributed by atoms with Crippen LogP contribution in [0.25, 0.3) is 0 Å². The molecule has 0 unspecified atom stereocenters. The standard InChI is InChI=1S/C23H27N3O5/c1-5-15(2)24-20(27)14-26-21(28)23(25-22(26)29,16-6-10-18(30-3)11-7-16)17-8-12-19(31-4)13-9-17/h6-13,15H,5,14H2,1-4H3,(H,24,27)(H,25,29)/t15-/m0/s1. The molecular formula is C23H27N3O5. The minimum Gasteiger partial charge on any atom is -0.497 e. The third-order valence-corrected chi connectivity index (χ3v) is 5.47. The molecule has 0 aromatic heterocycles. The summed E-state index contributed by atoms with van der Waals surface area (Å²) in [6, 6.07) is 13.1. The Hall–Kier alpha value is -3.55. The Morgan fingerprint density at radius 3 is 1.90 bits per heavy atom. The van der Waals surface area contributed by atoms with Crippen LogP contribution in [0, 0.1) is 0 Å². The second-order valence-electron chi connectivity index (χ2n) is 7.41. The molecule has 0 spiro atoms. The lowest BCUT2D eigenvalue weighted by atomic mass is 9.82. The van der Waals surface area contributed by atoms with Crippen LogP contribution in [0.1, 0.15) is 31.4 Å². The molecule has 8 nitrogen and oxygen atoms in total. The zero-order valence-electron chi connectivity index (χ0n) is 18.1. The highest BCUT2D eigenvalue weighted by Crippen LogP contribution is 2.37. The van der Waals surface area contributed by atoms with Crippen molar-refractivity contribution >= 4 is 17.8 Å². The Morgan fingerprint density at radius 1 is 1.00 bits per heavy atom. The van der Waals surface area contributed by atoms with Gasteiger partial charge in [0.15, 0.2) is 5.54 Å². The number of benzene rings is 2. The average molecular weight is 425 g/mol. The molecule has 1 atom stereocenters. The molecule has 1 saturated heterocycles. The number of urea groups is 1. The summed E-state index contributed by atoms with van der Waals surface area (Å²) < 4.78 is 10.4. The molecular weight excluding hydrogens is 398 g/mol. The third-order valence-electron chi connectivity index (χ3n) is 5.47. The highest BCUT2D eigenvalue weighted by molar-refractivity contribution is 6.11. The molecule has 0 bridgehead atoms. The molecule has 1 aliphatic rings. The second kappa shape index (κ2) is 9.07. The van der Waals surface area contributed by atoms with Gasteiger partial charge in [0.05, 0.1) is 14.2 Å². The van der Waals surface area contributed by atoms with E-state index in [1.165, 1.54) is 0 Å². The van der Waals surface area contributed by atoms with Crippen LogP contribution < -0.4 is 20.1 Å². The first-order valence-electron chi connectivity index (χ1n) is 10.1. The number of imide groups is 1. The number of hydrogen-bond acceptors (Lipinski definition) is 5. The van der Waals surface area contributed by atoms with E-state index in [0.717, 1.165) is 11.3 Å². The van der Waals surface area contributed by atoms with Crippen molar-refractivity contribution in [3.05, 3.63) is 59.7 Å². The van der Waals surface area contributed by atoms with Gasteiger partial charge in [-0.1, -0.05) is 31.2 Å². The van der Waals surface area contributed by atoms with E-state index in [-0.39, 0.29) is 12.6 Å². The van der Waals surface area contributed by atoms with Gasteiger partial charge in [0, 0.05) is 6.04 Å². The number of methoxy groups -OCH3 is 2. The van der Waals surface area contributed by atoms with E-state index >= 15 is 0 Å². The molecule has 31 heavy (non-hydrogen) atoms. The fourth-order valence-electron chi connectivity index (χ4n) is 3.53. The van der Waals surface area contributed by atoms with E-state index in [0.29, 0.717) is 22.6 Å². The van der Waals surface area contributed by atoms with Gasteiger partial charge in [0.2, 0.25) is 5.91 Å².